The zero-order valence-electron chi connectivity index (χ0n) is 11.6. The third-order valence-corrected chi connectivity index (χ3v) is 6.78. The zero-order valence-corrected chi connectivity index (χ0v) is 12.4. The first-order valence-electron chi connectivity index (χ1n) is 7.68. The molecular formula is C13H25N3O2S. The Hall–Kier alpha value is -0.170. The van der Waals surface area contributed by atoms with Crippen molar-refractivity contribution < 1.29 is 8.42 Å². The number of hydrogen-bond donors (Lipinski definition) is 1. The molecule has 2 saturated heterocycles. The molecule has 0 amide bonds. The Morgan fingerprint density at radius 3 is 2.47 bits per heavy atom. The summed E-state index contributed by atoms with van der Waals surface area (Å²) in [6, 6.07) is 0.636. The van der Waals surface area contributed by atoms with Gasteiger partial charge in [-0.1, -0.05) is 12.8 Å². The van der Waals surface area contributed by atoms with Crippen LogP contribution in [-0.4, -0.2) is 55.3 Å². The van der Waals surface area contributed by atoms with Gasteiger partial charge in [0.15, 0.2) is 0 Å². The van der Waals surface area contributed by atoms with Crippen LogP contribution in [0.2, 0.25) is 0 Å². The van der Waals surface area contributed by atoms with Gasteiger partial charge in [0.25, 0.3) is 10.2 Å². The number of hydrogen-bond acceptors (Lipinski definition) is 3. The predicted molar refractivity (Wildman–Crippen MR) is 75.1 cm³/mol. The van der Waals surface area contributed by atoms with E-state index in [9.17, 15) is 8.42 Å². The van der Waals surface area contributed by atoms with Crippen LogP contribution in [0.1, 0.15) is 44.9 Å². The number of piperidine rings is 1. The summed E-state index contributed by atoms with van der Waals surface area (Å²) in [4.78, 5) is 0. The van der Waals surface area contributed by atoms with E-state index < -0.39 is 10.2 Å². The monoisotopic (exact) mass is 287 g/mol. The lowest BCUT2D eigenvalue weighted by Crippen LogP contribution is -2.57. The Labute approximate surface area is 116 Å². The molecule has 0 bridgehead atoms. The molecule has 1 atom stereocenters. The Balaban J connectivity index is 1.66. The van der Waals surface area contributed by atoms with Crippen molar-refractivity contribution in [3.63, 3.8) is 0 Å². The van der Waals surface area contributed by atoms with Gasteiger partial charge in [0, 0.05) is 31.7 Å². The van der Waals surface area contributed by atoms with Crippen LogP contribution in [0.25, 0.3) is 0 Å². The highest BCUT2D eigenvalue weighted by atomic mass is 32.2. The van der Waals surface area contributed by atoms with Crippen LogP contribution in [0.4, 0.5) is 0 Å². The summed E-state index contributed by atoms with van der Waals surface area (Å²) < 4.78 is 28.8. The molecule has 19 heavy (non-hydrogen) atoms. The van der Waals surface area contributed by atoms with E-state index in [2.05, 4.69) is 5.32 Å². The molecule has 2 heterocycles. The summed E-state index contributed by atoms with van der Waals surface area (Å²) in [5.74, 6) is 0. The van der Waals surface area contributed by atoms with Crippen molar-refractivity contribution in [2.75, 3.05) is 26.2 Å². The molecule has 110 valence electrons. The molecule has 0 radical (unpaired) electrons. The fourth-order valence-corrected chi connectivity index (χ4v) is 5.31. The van der Waals surface area contributed by atoms with Crippen molar-refractivity contribution in [3.8, 4) is 0 Å². The molecule has 1 saturated carbocycles. The lowest BCUT2D eigenvalue weighted by molar-refractivity contribution is 0.173. The van der Waals surface area contributed by atoms with Crippen molar-refractivity contribution in [1.29, 1.82) is 0 Å². The molecule has 3 aliphatic rings. The Kier molecular flexibility index (Phi) is 4.12. The van der Waals surface area contributed by atoms with Crippen molar-refractivity contribution in [1.82, 2.24) is 13.9 Å². The Morgan fingerprint density at radius 1 is 1.00 bits per heavy atom. The van der Waals surface area contributed by atoms with Gasteiger partial charge in [-0.05, 0) is 38.6 Å². The molecule has 3 fully saturated rings. The average molecular weight is 287 g/mol. The summed E-state index contributed by atoms with van der Waals surface area (Å²) in [5.41, 5.74) is 0. The van der Waals surface area contributed by atoms with Crippen molar-refractivity contribution in [3.05, 3.63) is 0 Å². The standard InChI is InChI=1S/C13H25N3O2S/c17-19(18)15(11-12-5-1-2-8-14-12)9-4-10-16(19)13-6-3-7-13/h12-14H,1-11H2. The summed E-state index contributed by atoms with van der Waals surface area (Å²) >= 11 is 0. The van der Waals surface area contributed by atoms with Crippen LogP contribution in [0.15, 0.2) is 0 Å². The van der Waals surface area contributed by atoms with Crippen molar-refractivity contribution >= 4 is 10.2 Å². The van der Waals surface area contributed by atoms with Gasteiger partial charge < -0.3 is 5.32 Å². The van der Waals surface area contributed by atoms with Crippen molar-refractivity contribution in [2.45, 2.75) is 57.0 Å². The van der Waals surface area contributed by atoms with Gasteiger partial charge in [-0.2, -0.15) is 17.0 Å². The molecule has 0 aromatic carbocycles. The zero-order chi connectivity index (χ0) is 13.3. The van der Waals surface area contributed by atoms with E-state index in [1.54, 1.807) is 8.61 Å². The van der Waals surface area contributed by atoms with Crippen LogP contribution in [0.5, 0.6) is 0 Å². The fourth-order valence-electron chi connectivity index (χ4n) is 3.34. The minimum absolute atomic E-state index is 0.284. The largest absolute Gasteiger partial charge is 0.313 e. The highest BCUT2D eigenvalue weighted by Crippen LogP contribution is 2.30. The molecule has 5 nitrogen and oxygen atoms in total. The number of rotatable bonds is 3. The fraction of sp³-hybridized carbons (Fsp3) is 1.00. The van der Waals surface area contributed by atoms with E-state index in [1.165, 1.54) is 19.3 Å². The van der Waals surface area contributed by atoms with Crippen LogP contribution in [-0.2, 0) is 10.2 Å². The number of nitrogens with zero attached hydrogens (tertiary/aromatic N) is 2. The topological polar surface area (TPSA) is 52.7 Å². The second-order valence-corrected chi connectivity index (χ2v) is 7.94. The van der Waals surface area contributed by atoms with E-state index in [-0.39, 0.29) is 6.04 Å². The Bertz CT molecular complexity index is 402. The SMILES string of the molecule is O=S1(=O)N(CC2CCCCN2)CCCN1C1CCC1. The molecule has 0 aromatic rings. The lowest BCUT2D eigenvalue weighted by Gasteiger charge is -2.43. The summed E-state index contributed by atoms with van der Waals surface area (Å²) in [7, 11) is -3.20. The molecular weight excluding hydrogens is 262 g/mol. The highest BCUT2D eigenvalue weighted by Gasteiger charge is 2.40. The maximum Gasteiger partial charge on any atom is 0.282 e. The van der Waals surface area contributed by atoms with E-state index in [4.69, 9.17) is 0 Å². The third kappa shape index (κ3) is 2.82. The second kappa shape index (κ2) is 5.68. The van der Waals surface area contributed by atoms with E-state index in [0.717, 1.165) is 38.8 Å². The molecule has 1 unspecified atom stereocenters. The average Bonchev–Trinajstić information content (AvgIpc) is 2.34. The minimum atomic E-state index is -3.20. The van der Waals surface area contributed by atoms with E-state index in [0.29, 0.717) is 19.1 Å². The van der Waals surface area contributed by atoms with E-state index in [1.807, 2.05) is 0 Å². The summed E-state index contributed by atoms with van der Waals surface area (Å²) in [6.45, 7) is 3.11. The van der Waals surface area contributed by atoms with Crippen molar-refractivity contribution in [2.24, 2.45) is 0 Å². The first-order chi connectivity index (χ1) is 9.18. The molecule has 1 N–H and O–H groups in total. The maximum atomic E-state index is 12.6. The minimum Gasteiger partial charge on any atom is -0.313 e. The van der Waals surface area contributed by atoms with E-state index >= 15 is 0 Å². The molecule has 1 aliphatic carbocycles. The van der Waals surface area contributed by atoms with Gasteiger partial charge in [-0.25, -0.2) is 0 Å². The molecule has 6 heteroatoms. The maximum absolute atomic E-state index is 12.6. The third-order valence-electron chi connectivity index (χ3n) is 4.73. The normalized spacial score (nSPS) is 34.0. The van der Waals surface area contributed by atoms with Crippen LogP contribution < -0.4 is 5.32 Å². The van der Waals surface area contributed by atoms with Crippen LogP contribution >= 0.6 is 0 Å². The van der Waals surface area contributed by atoms with Gasteiger partial charge in [0.05, 0.1) is 0 Å². The van der Waals surface area contributed by atoms with Gasteiger partial charge in [-0.3, -0.25) is 0 Å². The quantitative estimate of drug-likeness (QED) is 0.840. The first-order valence-corrected chi connectivity index (χ1v) is 9.08. The molecule has 2 aliphatic heterocycles. The predicted octanol–water partition coefficient (Wildman–Crippen LogP) is 0.933. The van der Waals surface area contributed by atoms with Gasteiger partial charge in [-0.15, -0.1) is 0 Å². The molecule has 0 spiro atoms. The lowest BCUT2D eigenvalue weighted by atomic mass is 9.93. The molecule has 3 rings (SSSR count). The smallest absolute Gasteiger partial charge is 0.282 e. The summed E-state index contributed by atoms with van der Waals surface area (Å²) in [5, 5.41) is 3.45. The Morgan fingerprint density at radius 2 is 1.84 bits per heavy atom. The van der Waals surface area contributed by atoms with Crippen LogP contribution in [0, 0.1) is 0 Å². The second-order valence-electron chi connectivity index (χ2n) is 6.06. The van der Waals surface area contributed by atoms with Crippen LogP contribution in [0.3, 0.4) is 0 Å². The van der Waals surface area contributed by atoms with Gasteiger partial charge in [0.1, 0.15) is 0 Å². The number of nitrogens with one attached hydrogen (secondary N) is 1. The highest BCUT2D eigenvalue weighted by molar-refractivity contribution is 7.86. The molecule has 0 aromatic heterocycles. The first kappa shape index (κ1) is 13.8. The van der Waals surface area contributed by atoms with Gasteiger partial charge >= 0.3 is 0 Å². The van der Waals surface area contributed by atoms with Gasteiger partial charge in [0.2, 0.25) is 0 Å². The summed E-state index contributed by atoms with van der Waals surface area (Å²) in [6.07, 6.45) is 7.80.